The van der Waals surface area contributed by atoms with Crippen LogP contribution in [-0.4, -0.2) is 0 Å². The van der Waals surface area contributed by atoms with E-state index in [1.807, 2.05) is 0 Å². The Hall–Kier alpha value is -0.310. The van der Waals surface area contributed by atoms with Crippen LogP contribution < -0.4 is 0 Å². The molecular formula is C15H16BrClS. The molecule has 0 N–H and O–H groups in total. The number of hydrogen-bond donors (Lipinski definition) is 0. The van der Waals surface area contributed by atoms with Gasteiger partial charge in [-0.25, -0.2) is 0 Å². The summed E-state index contributed by atoms with van der Waals surface area (Å²) in [5.74, 6) is 0. The maximum absolute atomic E-state index is 6.56. The molecule has 0 aliphatic carbocycles. The van der Waals surface area contributed by atoms with Crippen molar-refractivity contribution in [2.75, 3.05) is 0 Å². The molecule has 0 saturated carbocycles. The Labute approximate surface area is 126 Å². The van der Waals surface area contributed by atoms with E-state index in [-0.39, 0.29) is 5.38 Å². The second-order valence-electron chi connectivity index (χ2n) is 4.24. The van der Waals surface area contributed by atoms with E-state index in [9.17, 15) is 0 Å². The van der Waals surface area contributed by atoms with Crippen molar-refractivity contribution in [3.8, 4) is 0 Å². The Balaban J connectivity index is 2.33. The highest BCUT2D eigenvalue weighted by Gasteiger charge is 2.14. The molecule has 1 aromatic carbocycles. The maximum atomic E-state index is 6.56. The summed E-state index contributed by atoms with van der Waals surface area (Å²) in [6, 6.07) is 10.8. The number of alkyl halides is 1. The summed E-state index contributed by atoms with van der Waals surface area (Å²) in [6.07, 6.45) is 2.15. The van der Waals surface area contributed by atoms with Crippen LogP contribution in [0.1, 0.15) is 40.8 Å². The monoisotopic (exact) mass is 342 g/mol. The zero-order valence-electron chi connectivity index (χ0n) is 10.5. The molecule has 1 heterocycles. The van der Waals surface area contributed by atoms with E-state index in [4.69, 9.17) is 11.6 Å². The molecule has 1 unspecified atom stereocenters. The van der Waals surface area contributed by atoms with Crippen molar-refractivity contribution in [3.63, 3.8) is 0 Å². The highest BCUT2D eigenvalue weighted by molar-refractivity contribution is 9.11. The molecule has 0 aliphatic heterocycles. The molecule has 96 valence electrons. The van der Waals surface area contributed by atoms with Gasteiger partial charge in [0, 0.05) is 4.88 Å². The van der Waals surface area contributed by atoms with E-state index in [0.29, 0.717) is 0 Å². The Morgan fingerprint density at radius 2 is 1.83 bits per heavy atom. The van der Waals surface area contributed by atoms with Gasteiger partial charge in [0.15, 0.2) is 0 Å². The molecule has 2 rings (SSSR count). The smallest absolute Gasteiger partial charge is 0.0928 e. The van der Waals surface area contributed by atoms with Crippen molar-refractivity contribution in [2.24, 2.45) is 0 Å². The average molecular weight is 344 g/mol. The predicted molar refractivity (Wildman–Crippen MR) is 84.9 cm³/mol. The van der Waals surface area contributed by atoms with Crippen LogP contribution in [0.5, 0.6) is 0 Å². The summed E-state index contributed by atoms with van der Waals surface area (Å²) in [7, 11) is 0. The fourth-order valence-electron chi connectivity index (χ4n) is 2.11. The molecule has 0 spiro atoms. The molecule has 0 bridgehead atoms. The van der Waals surface area contributed by atoms with Crippen LogP contribution >= 0.6 is 38.9 Å². The van der Waals surface area contributed by atoms with Crippen LogP contribution in [0, 0.1) is 0 Å². The van der Waals surface area contributed by atoms with Gasteiger partial charge in [-0.1, -0.05) is 32.0 Å². The van der Waals surface area contributed by atoms with Crippen LogP contribution in [-0.2, 0) is 12.8 Å². The van der Waals surface area contributed by atoms with E-state index in [0.717, 1.165) is 16.6 Å². The van der Waals surface area contributed by atoms with Crippen LogP contribution in [0.25, 0.3) is 0 Å². The van der Waals surface area contributed by atoms with Gasteiger partial charge in [0.05, 0.1) is 9.16 Å². The molecular weight excluding hydrogens is 328 g/mol. The third-order valence-corrected chi connectivity index (χ3v) is 5.43. The third-order valence-electron chi connectivity index (χ3n) is 3.13. The van der Waals surface area contributed by atoms with Crippen molar-refractivity contribution in [1.82, 2.24) is 0 Å². The highest BCUT2D eigenvalue weighted by Crippen LogP contribution is 2.36. The molecule has 0 fully saturated rings. The fourth-order valence-corrected chi connectivity index (χ4v) is 3.88. The quantitative estimate of drug-likeness (QED) is 0.600. The van der Waals surface area contributed by atoms with Gasteiger partial charge >= 0.3 is 0 Å². The van der Waals surface area contributed by atoms with Crippen molar-refractivity contribution in [2.45, 2.75) is 32.1 Å². The summed E-state index contributed by atoms with van der Waals surface area (Å²) in [4.78, 5) is 1.19. The van der Waals surface area contributed by atoms with Crippen LogP contribution in [0.3, 0.4) is 0 Å². The lowest BCUT2D eigenvalue weighted by atomic mass is 9.98. The van der Waals surface area contributed by atoms with Gasteiger partial charge in [-0.15, -0.1) is 22.9 Å². The van der Waals surface area contributed by atoms with Gasteiger partial charge in [0.1, 0.15) is 0 Å². The van der Waals surface area contributed by atoms with Crippen molar-refractivity contribution >= 4 is 38.9 Å². The molecule has 0 saturated heterocycles. The molecule has 0 aliphatic rings. The zero-order valence-corrected chi connectivity index (χ0v) is 13.7. The zero-order chi connectivity index (χ0) is 13.1. The van der Waals surface area contributed by atoms with Gasteiger partial charge in [-0.2, -0.15) is 0 Å². The Morgan fingerprint density at radius 3 is 2.39 bits per heavy atom. The molecule has 3 heteroatoms. The molecule has 0 nitrogen and oxygen atoms in total. The minimum Gasteiger partial charge on any atom is -0.131 e. The highest BCUT2D eigenvalue weighted by atomic mass is 79.9. The molecule has 1 aromatic heterocycles. The lowest BCUT2D eigenvalue weighted by Crippen LogP contribution is -1.96. The summed E-state index contributed by atoms with van der Waals surface area (Å²) >= 11 is 11.7. The first-order chi connectivity index (χ1) is 8.65. The predicted octanol–water partition coefficient (Wildman–Crippen LogP) is 5.96. The van der Waals surface area contributed by atoms with Crippen LogP contribution in [0.2, 0.25) is 0 Å². The number of hydrogen-bond acceptors (Lipinski definition) is 1. The van der Waals surface area contributed by atoms with Gasteiger partial charge in [0.25, 0.3) is 0 Å². The minimum absolute atomic E-state index is 0.0440. The lowest BCUT2D eigenvalue weighted by molar-refractivity contribution is 1.02. The third kappa shape index (κ3) is 2.98. The number of aryl methyl sites for hydroxylation is 2. The van der Waals surface area contributed by atoms with Crippen molar-refractivity contribution in [1.29, 1.82) is 0 Å². The lowest BCUT2D eigenvalue weighted by Gasteiger charge is -2.12. The second kappa shape index (κ2) is 6.23. The van der Waals surface area contributed by atoms with Gasteiger partial charge in [0.2, 0.25) is 0 Å². The number of thiophene rings is 1. The standard InChI is InChI=1S/C15H16BrClS/c1-3-10-5-6-12(9-11(10)4-2)15(17)13-7-8-14(16)18-13/h5-9,15H,3-4H2,1-2H3. The molecule has 0 radical (unpaired) electrons. The van der Waals surface area contributed by atoms with Gasteiger partial charge < -0.3 is 0 Å². The largest absolute Gasteiger partial charge is 0.131 e. The van der Waals surface area contributed by atoms with E-state index >= 15 is 0 Å². The molecule has 0 amide bonds. The van der Waals surface area contributed by atoms with Crippen molar-refractivity contribution in [3.05, 3.63) is 55.7 Å². The summed E-state index contributed by atoms with van der Waals surface area (Å²) in [5, 5.41) is -0.0440. The number of rotatable bonds is 4. The maximum Gasteiger partial charge on any atom is 0.0928 e. The van der Waals surface area contributed by atoms with Crippen molar-refractivity contribution < 1.29 is 0 Å². The first-order valence-corrected chi connectivity index (χ1v) is 8.21. The fraction of sp³-hybridized carbons (Fsp3) is 0.333. The average Bonchev–Trinajstić information content (AvgIpc) is 2.83. The normalized spacial score (nSPS) is 12.7. The van der Waals surface area contributed by atoms with E-state index < -0.39 is 0 Å². The Morgan fingerprint density at radius 1 is 1.11 bits per heavy atom. The molecule has 1 atom stereocenters. The van der Waals surface area contributed by atoms with E-state index in [2.05, 4.69) is 60.1 Å². The number of halogens is 2. The minimum atomic E-state index is -0.0440. The summed E-state index contributed by atoms with van der Waals surface area (Å²) in [6.45, 7) is 4.39. The Kier molecular flexibility index (Phi) is 4.88. The summed E-state index contributed by atoms with van der Waals surface area (Å²) in [5.41, 5.74) is 4.04. The number of benzene rings is 1. The first-order valence-electron chi connectivity index (χ1n) is 6.16. The van der Waals surface area contributed by atoms with Gasteiger partial charge in [-0.05, 0) is 57.6 Å². The first kappa shape index (κ1) is 14.1. The second-order valence-corrected chi connectivity index (χ2v) is 7.17. The van der Waals surface area contributed by atoms with Crippen LogP contribution in [0.15, 0.2) is 34.1 Å². The van der Waals surface area contributed by atoms with Crippen LogP contribution in [0.4, 0.5) is 0 Å². The Bertz CT molecular complexity index is 533. The van der Waals surface area contributed by atoms with E-state index in [1.54, 1.807) is 11.3 Å². The molecule has 18 heavy (non-hydrogen) atoms. The topological polar surface area (TPSA) is 0 Å². The van der Waals surface area contributed by atoms with E-state index in [1.165, 1.54) is 21.6 Å². The molecule has 2 aromatic rings. The summed E-state index contributed by atoms with van der Waals surface area (Å²) < 4.78 is 1.13. The SMILES string of the molecule is CCc1ccc(C(Cl)c2ccc(Br)s2)cc1CC. The van der Waals surface area contributed by atoms with Gasteiger partial charge in [-0.3, -0.25) is 0 Å².